The summed E-state index contributed by atoms with van der Waals surface area (Å²) in [6.45, 7) is 2.68. The Morgan fingerprint density at radius 2 is 1.86 bits per heavy atom. The van der Waals surface area contributed by atoms with E-state index in [9.17, 15) is 9.70 Å². The summed E-state index contributed by atoms with van der Waals surface area (Å²) in [5, 5.41) is 4.21. The summed E-state index contributed by atoms with van der Waals surface area (Å²) < 4.78 is 5.50. The molecule has 7 heteroatoms. The number of primary amides is 1. The number of ether oxygens (including phenoxy) is 1. The Morgan fingerprint density at radius 1 is 1.11 bits per heavy atom. The van der Waals surface area contributed by atoms with E-state index in [2.05, 4.69) is 15.1 Å². The van der Waals surface area contributed by atoms with E-state index in [1.165, 1.54) is 0 Å². The molecular weight excluding hydrogens is 356 g/mol. The smallest absolute Gasteiger partial charge is 0.248 e. The fourth-order valence-corrected chi connectivity index (χ4v) is 3.71. The van der Waals surface area contributed by atoms with Crippen LogP contribution in [0.15, 0.2) is 59.9 Å². The molecule has 1 amide bonds. The number of benzene rings is 2. The number of amides is 1. The standard InChI is InChI=1S/C21H20N4O3/c22-21(26)16-5-3-15(4-6-16)20(25-10-12-28-13-11-25)17-8-7-14-2-1-9-23-18(14)19(17)24-27/h1-9,20H,10-13H2,(H2,22,26). The van der Waals surface area contributed by atoms with Gasteiger partial charge in [0.2, 0.25) is 5.91 Å². The van der Waals surface area contributed by atoms with Crippen molar-refractivity contribution in [3.8, 4) is 0 Å². The van der Waals surface area contributed by atoms with E-state index in [0.717, 1.165) is 29.6 Å². The molecule has 1 atom stereocenters. The lowest BCUT2D eigenvalue weighted by atomic mass is 9.93. The Kier molecular flexibility index (Phi) is 5.10. The Bertz CT molecular complexity index is 1010. The van der Waals surface area contributed by atoms with Gasteiger partial charge in [-0.05, 0) is 28.9 Å². The minimum absolute atomic E-state index is 0.204. The van der Waals surface area contributed by atoms with Gasteiger partial charge in [0.05, 0.1) is 24.8 Å². The third-order valence-electron chi connectivity index (χ3n) is 5.09. The summed E-state index contributed by atoms with van der Waals surface area (Å²) >= 11 is 0. The number of nitrogens with zero attached hydrogens (tertiary/aromatic N) is 3. The number of fused-ring (bicyclic) bond motifs is 1. The van der Waals surface area contributed by atoms with Crippen LogP contribution in [-0.2, 0) is 4.74 Å². The number of aromatic nitrogens is 1. The highest BCUT2D eigenvalue weighted by Crippen LogP contribution is 2.39. The second kappa shape index (κ2) is 7.84. The first-order valence-electron chi connectivity index (χ1n) is 9.11. The third-order valence-corrected chi connectivity index (χ3v) is 5.09. The average molecular weight is 376 g/mol. The lowest BCUT2D eigenvalue weighted by Gasteiger charge is -2.35. The number of pyridine rings is 1. The van der Waals surface area contributed by atoms with Crippen LogP contribution in [0.5, 0.6) is 0 Å². The van der Waals surface area contributed by atoms with E-state index in [0.29, 0.717) is 30.0 Å². The van der Waals surface area contributed by atoms with E-state index >= 15 is 0 Å². The van der Waals surface area contributed by atoms with Crippen LogP contribution < -0.4 is 5.73 Å². The molecule has 0 radical (unpaired) electrons. The molecule has 3 aromatic rings. The second-order valence-electron chi connectivity index (χ2n) is 6.71. The monoisotopic (exact) mass is 376 g/mol. The van der Waals surface area contributed by atoms with E-state index in [4.69, 9.17) is 10.5 Å². The lowest BCUT2D eigenvalue weighted by Crippen LogP contribution is -2.39. The Balaban J connectivity index is 1.87. The maximum absolute atomic E-state index is 11.8. The normalized spacial score (nSPS) is 16.0. The molecule has 1 aliphatic heterocycles. The maximum atomic E-state index is 11.8. The molecule has 1 aliphatic rings. The summed E-state index contributed by atoms with van der Waals surface area (Å²) in [5.41, 5.74) is 8.48. The summed E-state index contributed by atoms with van der Waals surface area (Å²) in [4.78, 5) is 29.9. The molecule has 142 valence electrons. The summed E-state index contributed by atoms with van der Waals surface area (Å²) in [7, 11) is 0. The minimum atomic E-state index is -0.473. The maximum Gasteiger partial charge on any atom is 0.248 e. The van der Waals surface area contributed by atoms with Crippen LogP contribution in [0.2, 0.25) is 0 Å². The fourth-order valence-electron chi connectivity index (χ4n) is 3.71. The van der Waals surface area contributed by atoms with Crippen molar-refractivity contribution >= 4 is 22.5 Å². The van der Waals surface area contributed by atoms with Crippen molar-refractivity contribution in [1.29, 1.82) is 0 Å². The molecular formula is C21H20N4O3. The molecule has 2 aromatic carbocycles. The van der Waals surface area contributed by atoms with Gasteiger partial charge in [-0.15, -0.1) is 4.91 Å². The van der Waals surface area contributed by atoms with Crippen LogP contribution >= 0.6 is 0 Å². The van der Waals surface area contributed by atoms with Gasteiger partial charge in [-0.2, -0.15) is 0 Å². The fraction of sp³-hybridized carbons (Fsp3) is 0.238. The zero-order chi connectivity index (χ0) is 19.5. The molecule has 1 aromatic heterocycles. The average Bonchev–Trinajstić information content (AvgIpc) is 2.75. The first kappa shape index (κ1) is 18.2. The summed E-state index contributed by atoms with van der Waals surface area (Å²) in [5.74, 6) is -0.473. The molecule has 1 unspecified atom stereocenters. The number of hydrogen-bond donors (Lipinski definition) is 1. The molecule has 1 saturated heterocycles. The number of rotatable bonds is 5. The van der Waals surface area contributed by atoms with Crippen molar-refractivity contribution in [2.45, 2.75) is 6.04 Å². The van der Waals surface area contributed by atoms with Gasteiger partial charge >= 0.3 is 0 Å². The van der Waals surface area contributed by atoms with Gasteiger partial charge in [-0.1, -0.05) is 30.3 Å². The first-order valence-corrected chi connectivity index (χ1v) is 9.11. The van der Waals surface area contributed by atoms with Gasteiger partial charge in [-0.25, -0.2) is 0 Å². The summed E-state index contributed by atoms with van der Waals surface area (Å²) in [6, 6.07) is 14.6. The van der Waals surface area contributed by atoms with Gasteiger partial charge in [-0.3, -0.25) is 14.7 Å². The number of morpholine rings is 1. The van der Waals surface area contributed by atoms with E-state index in [1.807, 2.05) is 36.4 Å². The number of hydrogen-bond acceptors (Lipinski definition) is 6. The van der Waals surface area contributed by atoms with Crippen LogP contribution in [0, 0.1) is 4.91 Å². The van der Waals surface area contributed by atoms with Crippen molar-refractivity contribution in [3.05, 3.63) is 76.3 Å². The Morgan fingerprint density at radius 3 is 2.54 bits per heavy atom. The van der Waals surface area contributed by atoms with Crippen LogP contribution in [0.3, 0.4) is 0 Å². The molecule has 1 fully saturated rings. The zero-order valence-electron chi connectivity index (χ0n) is 15.2. The van der Waals surface area contributed by atoms with Gasteiger partial charge in [0.1, 0.15) is 5.69 Å². The Hall–Kier alpha value is -3.16. The van der Waals surface area contributed by atoms with E-state index in [-0.39, 0.29) is 6.04 Å². The van der Waals surface area contributed by atoms with Crippen LogP contribution in [0.1, 0.15) is 27.5 Å². The molecule has 4 rings (SSSR count). The number of nitrogens with two attached hydrogens (primary N) is 1. The van der Waals surface area contributed by atoms with E-state index in [1.54, 1.807) is 18.3 Å². The molecule has 2 heterocycles. The number of nitroso groups, excluding NO2 is 1. The molecule has 28 heavy (non-hydrogen) atoms. The van der Waals surface area contributed by atoms with Crippen molar-refractivity contribution < 1.29 is 9.53 Å². The highest BCUT2D eigenvalue weighted by Gasteiger charge is 2.28. The number of carbonyl (C=O) groups excluding carboxylic acids is 1. The highest BCUT2D eigenvalue weighted by molar-refractivity contribution is 5.93. The molecule has 2 N–H and O–H groups in total. The van der Waals surface area contributed by atoms with E-state index < -0.39 is 5.91 Å². The van der Waals surface area contributed by atoms with Crippen molar-refractivity contribution in [2.24, 2.45) is 10.9 Å². The molecule has 7 nitrogen and oxygen atoms in total. The van der Waals surface area contributed by atoms with Gasteiger partial charge < -0.3 is 10.5 Å². The summed E-state index contributed by atoms with van der Waals surface area (Å²) in [6.07, 6.45) is 1.66. The Labute approximate surface area is 162 Å². The zero-order valence-corrected chi connectivity index (χ0v) is 15.2. The second-order valence-corrected chi connectivity index (χ2v) is 6.71. The molecule has 0 bridgehead atoms. The quantitative estimate of drug-likeness (QED) is 0.690. The SMILES string of the molecule is NC(=O)c1ccc(C(c2ccc3cccnc3c2N=O)N2CCOCC2)cc1. The van der Waals surface area contributed by atoms with Crippen molar-refractivity contribution in [1.82, 2.24) is 9.88 Å². The first-order chi connectivity index (χ1) is 13.7. The lowest BCUT2D eigenvalue weighted by molar-refractivity contribution is 0.0240. The molecule has 0 spiro atoms. The highest BCUT2D eigenvalue weighted by atomic mass is 16.5. The molecule has 0 saturated carbocycles. The predicted molar refractivity (Wildman–Crippen MR) is 106 cm³/mol. The largest absolute Gasteiger partial charge is 0.379 e. The topological polar surface area (TPSA) is 97.9 Å². The van der Waals surface area contributed by atoms with Gasteiger partial charge in [0.15, 0.2) is 0 Å². The van der Waals surface area contributed by atoms with Crippen molar-refractivity contribution in [3.63, 3.8) is 0 Å². The van der Waals surface area contributed by atoms with Gasteiger partial charge in [0, 0.05) is 35.8 Å². The third kappa shape index (κ3) is 3.37. The van der Waals surface area contributed by atoms with Crippen LogP contribution in [-0.4, -0.2) is 42.1 Å². The van der Waals surface area contributed by atoms with Crippen LogP contribution in [0.4, 0.5) is 5.69 Å². The predicted octanol–water partition coefficient (Wildman–Crippen LogP) is 3.15. The van der Waals surface area contributed by atoms with Crippen LogP contribution in [0.25, 0.3) is 10.9 Å². The molecule has 0 aliphatic carbocycles. The minimum Gasteiger partial charge on any atom is -0.379 e. The van der Waals surface area contributed by atoms with Gasteiger partial charge in [0.25, 0.3) is 0 Å². The van der Waals surface area contributed by atoms with Crippen molar-refractivity contribution in [2.75, 3.05) is 26.3 Å². The number of carbonyl (C=O) groups is 1.